The largest absolute Gasteiger partial charge is 0.482 e. The second-order valence-electron chi connectivity index (χ2n) is 6.72. The Hall–Kier alpha value is -2.86. The molecule has 3 rings (SSSR count). The minimum atomic E-state index is -0.0773. The predicted octanol–water partition coefficient (Wildman–Crippen LogP) is 2.68. The van der Waals surface area contributed by atoms with Crippen LogP contribution in [0.4, 0.5) is 5.69 Å². The number of benzene rings is 2. The van der Waals surface area contributed by atoms with Crippen LogP contribution >= 0.6 is 0 Å². The average Bonchev–Trinajstić information content (AvgIpc) is 2.73. The quantitative estimate of drug-likeness (QED) is 0.764. The Labute approximate surface area is 166 Å². The number of amides is 2. The van der Waals surface area contributed by atoms with E-state index in [1.807, 2.05) is 36.4 Å². The van der Waals surface area contributed by atoms with Gasteiger partial charge in [-0.25, -0.2) is 0 Å². The number of hydrogen-bond acceptors (Lipinski definition) is 4. The maximum Gasteiger partial charge on any atom is 0.265 e. The third kappa shape index (κ3) is 4.70. The molecule has 148 valence electrons. The number of ether oxygens (including phenoxy) is 1. The van der Waals surface area contributed by atoms with Gasteiger partial charge in [-0.05, 0) is 42.9 Å². The number of likely N-dealkylation sites (N-methyl/N-ethyl adjacent to an activating group) is 1. The molecule has 0 fully saturated rings. The Bertz CT molecular complexity index is 816. The maximum atomic E-state index is 12.3. The second-order valence-corrected chi connectivity index (χ2v) is 6.72. The highest BCUT2D eigenvalue weighted by Gasteiger charge is 2.25. The smallest absolute Gasteiger partial charge is 0.265 e. The van der Waals surface area contributed by atoms with Gasteiger partial charge in [0, 0.05) is 18.7 Å². The van der Waals surface area contributed by atoms with E-state index in [0.29, 0.717) is 24.4 Å². The summed E-state index contributed by atoms with van der Waals surface area (Å²) in [6.45, 7) is 8.14. The highest BCUT2D eigenvalue weighted by Crippen LogP contribution is 2.32. The zero-order valence-electron chi connectivity index (χ0n) is 16.5. The van der Waals surface area contributed by atoms with E-state index >= 15 is 0 Å². The van der Waals surface area contributed by atoms with Crippen molar-refractivity contribution in [3.63, 3.8) is 0 Å². The van der Waals surface area contributed by atoms with Crippen molar-refractivity contribution in [2.24, 2.45) is 0 Å². The lowest BCUT2D eigenvalue weighted by Gasteiger charge is -2.29. The third-order valence-corrected chi connectivity index (χ3v) is 4.97. The molecule has 0 bridgehead atoms. The monoisotopic (exact) mass is 381 g/mol. The van der Waals surface area contributed by atoms with Crippen molar-refractivity contribution in [1.82, 2.24) is 10.2 Å². The van der Waals surface area contributed by atoms with Crippen LogP contribution in [0.1, 0.15) is 29.8 Å². The molecule has 1 aliphatic rings. The number of nitrogens with one attached hydrogen (secondary N) is 1. The number of rotatable bonds is 8. The van der Waals surface area contributed by atoms with Crippen molar-refractivity contribution >= 4 is 17.5 Å². The number of fused-ring (bicyclic) bond motifs is 1. The van der Waals surface area contributed by atoms with Crippen LogP contribution < -0.4 is 15.0 Å². The van der Waals surface area contributed by atoms with E-state index in [0.717, 1.165) is 30.9 Å². The standard InChI is InChI=1S/C22H27N3O3/c1-3-24(4-2)14-13-23-22(27)18-11-9-17(10-12-18)15-25-19-7-5-6-8-20(19)28-16-21(25)26/h5-12H,3-4,13-16H2,1-2H3,(H,23,27). The van der Waals surface area contributed by atoms with Gasteiger partial charge in [0.05, 0.1) is 12.2 Å². The summed E-state index contributed by atoms with van der Waals surface area (Å²) in [5, 5.41) is 2.96. The number of carbonyl (C=O) groups is 2. The number of carbonyl (C=O) groups excluding carboxylic acids is 2. The Balaban J connectivity index is 1.60. The lowest BCUT2D eigenvalue weighted by molar-refractivity contribution is -0.121. The summed E-state index contributed by atoms with van der Waals surface area (Å²) in [5.74, 6) is 0.565. The number of nitrogens with zero attached hydrogens (tertiary/aromatic N) is 2. The number of para-hydroxylation sites is 2. The van der Waals surface area contributed by atoms with Crippen LogP contribution in [-0.2, 0) is 11.3 Å². The normalized spacial score (nSPS) is 13.2. The zero-order valence-corrected chi connectivity index (χ0v) is 16.5. The average molecular weight is 381 g/mol. The molecule has 0 saturated heterocycles. The SMILES string of the molecule is CCN(CC)CCNC(=O)c1ccc(CN2C(=O)COc3ccccc32)cc1. The van der Waals surface area contributed by atoms with E-state index in [9.17, 15) is 9.59 Å². The molecule has 2 aromatic rings. The first-order valence-corrected chi connectivity index (χ1v) is 9.74. The summed E-state index contributed by atoms with van der Waals surface area (Å²) in [4.78, 5) is 28.6. The van der Waals surface area contributed by atoms with Crippen LogP contribution in [0.25, 0.3) is 0 Å². The summed E-state index contributed by atoms with van der Waals surface area (Å²) in [6, 6.07) is 14.9. The fraction of sp³-hybridized carbons (Fsp3) is 0.364. The van der Waals surface area contributed by atoms with Gasteiger partial charge in [0.1, 0.15) is 5.75 Å². The molecule has 2 aromatic carbocycles. The van der Waals surface area contributed by atoms with Gasteiger partial charge in [0.2, 0.25) is 0 Å². The van der Waals surface area contributed by atoms with Crippen LogP contribution in [0.3, 0.4) is 0 Å². The molecular weight excluding hydrogens is 354 g/mol. The van der Waals surface area contributed by atoms with E-state index in [2.05, 4.69) is 24.1 Å². The van der Waals surface area contributed by atoms with E-state index in [-0.39, 0.29) is 18.4 Å². The molecule has 0 atom stereocenters. The zero-order chi connectivity index (χ0) is 19.9. The van der Waals surface area contributed by atoms with E-state index in [1.165, 1.54) is 0 Å². The lowest BCUT2D eigenvalue weighted by Crippen LogP contribution is -2.38. The molecule has 0 saturated carbocycles. The third-order valence-electron chi connectivity index (χ3n) is 4.97. The van der Waals surface area contributed by atoms with Gasteiger partial charge in [0.25, 0.3) is 11.8 Å². The minimum absolute atomic E-state index is 0.0457. The van der Waals surface area contributed by atoms with Gasteiger partial charge < -0.3 is 19.9 Å². The molecule has 0 spiro atoms. The predicted molar refractivity (Wildman–Crippen MR) is 110 cm³/mol. The highest BCUT2D eigenvalue weighted by atomic mass is 16.5. The fourth-order valence-corrected chi connectivity index (χ4v) is 3.24. The van der Waals surface area contributed by atoms with Gasteiger partial charge in [-0.2, -0.15) is 0 Å². The van der Waals surface area contributed by atoms with Gasteiger partial charge >= 0.3 is 0 Å². The Kier molecular flexibility index (Phi) is 6.66. The summed E-state index contributed by atoms with van der Waals surface area (Å²) in [6.07, 6.45) is 0. The molecule has 0 aliphatic carbocycles. The number of anilines is 1. The molecule has 0 unspecified atom stereocenters. The van der Waals surface area contributed by atoms with E-state index in [4.69, 9.17) is 4.74 Å². The second kappa shape index (κ2) is 9.37. The Morgan fingerprint density at radius 1 is 1.11 bits per heavy atom. The highest BCUT2D eigenvalue weighted by molar-refractivity contribution is 5.98. The first-order chi connectivity index (χ1) is 13.6. The molecule has 28 heavy (non-hydrogen) atoms. The van der Waals surface area contributed by atoms with Crippen LogP contribution in [0.2, 0.25) is 0 Å². The van der Waals surface area contributed by atoms with E-state index < -0.39 is 0 Å². The van der Waals surface area contributed by atoms with Crippen LogP contribution in [0.5, 0.6) is 5.75 Å². The van der Waals surface area contributed by atoms with Crippen molar-refractivity contribution in [1.29, 1.82) is 0 Å². The maximum absolute atomic E-state index is 12.3. The van der Waals surface area contributed by atoms with Crippen molar-refractivity contribution in [3.05, 3.63) is 59.7 Å². The summed E-state index contributed by atoms with van der Waals surface area (Å²) in [5.41, 5.74) is 2.36. The molecule has 6 heteroatoms. The van der Waals surface area contributed by atoms with Gasteiger partial charge in [-0.3, -0.25) is 9.59 Å². The fourth-order valence-electron chi connectivity index (χ4n) is 3.24. The molecular formula is C22H27N3O3. The van der Waals surface area contributed by atoms with Gasteiger partial charge in [-0.15, -0.1) is 0 Å². The summed E-state index contributed by atoms with van der Waals surface area (Å²) < 4.78 is 5.48. The first kappa shape index (κ1) is 19.9. The van der Waals surface area contributed by atoms with Crippen molar-refractivity contribution < 1.29 is 14.3 Å². The molecule has 2 amide bonds. The number of hydrogen-bond donors (Lipinski definition) is 1. The molecule has 1 N–H and O–H groups in total. The first-order valence-electron chi connectivity index (χ1n) is 9.74. The molecule has 0 radical (unpaired) electrons. The van der Waals surface area contributed by atoms with E-state index in [1.54, 1.807) is 17.0 Å². The van der Waals surface area contributed by atoms with Crippen molar-refractivity contribution in [2.75, 3.05) is 37.7 Å². The lowest BCUT2D eigenvalue weighted by atomic mass is 10.1. The topological polar surface area (TPSA) is 61.9 Å². The van der Waals surface area contributed by atoms with Crippen molar-refractivity contribution in [2.45, 2.75) is 20.4 Å². The molecule has 6 nitrogen and oxygen atoms in total. The van der Waals surface area contributed by atoms with Crippen molar-refractivity contribution in [3.8, 4) is 5.75 Å². The minimum Gasteiger partial charge on any atom is -0.482 e. The summed E-state index contributed by atoms with van der Waals surface area (Å²) >= 11 is 0. The molecule has 1 aliphatic heterocycles. The summed E-state index contributed by atoms with van der Waals surface area (Å²) in [7, 11) is 0. The van der Waals surface area contributed by atoms with Gasteiger partial charge in [0.15, 0.2) is 6.61 Å². The molecule has 1 heterocycles. The Morgan fingerprint density at radius 3 is 2.54 bits per heavy atom. The van der Waals surface area contributed by atoms with Crippen LogP contribution in [0.15, 0.2) is 48.5 Å². The Morgan fingerprint density at radius 2 is 1.82 bits per heavy atom. The van der Waals surface area contributed by atoms with Crippen LogP contribution in [0, 0.1) is 0 Å². The molecule has 0 aromatic heterocycles. The van der Waals surface area contributed by atoms with Gasteiger partial charge in [-0.1, -0.05) is 38.1 Å². The van der Waals surface area contributed by atoms with Crippen LogP contribution in [-0.4, -0.2) is 49.5 Å².